The molecular weight excluding hydrogens is 254 g/mol. The highest BCUT2D eigenvalue weighted by atomic mass is 16.5. The van der Waals surface area contributed by atoms with Crippen LogP contribution in [0.5, 0.6) is 5.75 Å². The predicted molar refractivity (Wildman–Crippen MR) is 77.0 cm³/mol. The second-order valence-electron chi connectivity index (χ2n) is 5.09. The molecule has 1 amide bonds. The van der Waals surface area contributed by atoms with Crippen molar-refractivity contribution in [3.8, 4) is 5.75 Å². The molecule has 1 heterocycles. The molecule has 4 heteroatoms. The lowest BCUT2D eigenvalue weighted by atomic mass is 10.00. The second-order valence-corrected chi connectivity index (χ2v) is 5.09. The van der Waals surface area contributed by atoms with Gasteiger partial charge in [-0.3, -0.25) is 9.59 Å². The first-order valence-electron chi connectivity index (χ1n) is 7.22. The van der Waals surface area contributed by atoms with E-state index in [1.165, 1.54) is 6.42 Å². The maximum Gasteiger partial charge on any atom is 0.260 e. The van der Waals surface area contributed by atoms with Gasteiger partial charge in [0.25, 0.3) is 5.91 Å². The number of likely N-dealkylation sites (tertiary alicyclic amines) is 1. The van der Waals surface area contributed by atoms with Gasteiger partial charge >= 0.3 is 0 Å². The van der Waals surface area contributed by atoms with Crippen molar-refractivity contribution in [3.05, 3.63) is 29.8 Å². The molecule has 1 unspecified atom stereocenters. The molecule has 0 bridgehead atoms. The molecule has 1 aliphatic rings. The molecule has 1 aliphatic heterocycles. The molecule has 108 valence electrons. The normalized spacial score (nSPS) is 18.6. The zero-order valence-electron chi connectivity index (χ0n) is 11.9. The van der Waals surface area contributed by atoms with Crippen LogP contribution in [0, 0.1) is 0 Å². The van der Waals surface area contributed by atoms with E-state index in [2.05, 4.69) is 6.92 Å². The van der Waals surface area contributed by atoms with Crippen molar-refractivity contribution < 1.29 is 14.3 Å². The van der Waals surface area contributed by atoms with Crippen LogP contribution in [0.3, 0.4) is 0 Å². The van der Waals surface area contributed by atoms with E-state index in [9.17, 15) is 9.59 Å². The van der Waals surface area contributed by atoms with Gasteiger partial charge in [-0.2, -0.15) is 0 Å². The lowest BCUT2D eigenvalue weighted by Crippen LogP contribution is -2.45. The van der Waals surface area contributed by atoms with Crippen molar-refractivity contribution >= 4 is 12.2 Å². The highest BCUT2D eigenvalue weighted by molar-refractivity contribution is 5.81. The summed E-state index contributed by atoms with van der Waals surface area (Å²) < 4.78 is 5.51. The molecule has 1 fully saturated rings. The topological polar surface area (TPSA) is 46.6 Å². The Morgan fingerprint density at radius 3 is 2.95 bits per heavy atom. The first kappa shape index (κ1) is 14.6. The number of ether oxygens (including phenoxy) is 1. The van der Waals surface area contributed by atoms with Crippen LogP contribution in [-0.2, 0) is 4.79 Å². The van der Waals surface area contributed by atoms with E-state index in [0.717, 1.165) is 32.1 Å². The molecule has 0 saturated carbocycles. The van der Waals surface area contributed by atoms with Crippen molar-refractivity contribution in [2.24, 2.45) is 0 Å². The summed E-state index contributed by atoms with van der Waals surface area (Å²) in [7, 11) is 0. The number of carbonyl (C=O) groups excluding carboxylic acids is 2. The van der Waals surface area contributed by atoms with E-state index >= 15 is 0 Å². The third-order valence-corrected chi connectivity index (χ3v) is 3.82. The van der Waals surface area contributed by atoms with Gasteiger partial charge in [-0.05, 0) is 37.8 Å². The number of rotatable bonds is 5. The molecular formula is C16H21NO3. The van der Waals surface area contributed by atoms with Gasteiger partial charge in [-0.1, -0.05) is 19.1 Å². The average molecular weight is 275 g/mol. The van der Waals surface area contributed by atoms with Crippen molar-refractivity contribution in [1.82, 2.24) is 4.90 Å². The smallest absolute Gasteiger partial charge is 0.260 e. The number of para-hydroxylation sites is 1. The Bertz CT molecular complexity index is 473. The summed E-state index contributed by atoms with van der Waals surface area (Å²) in [5.41, 5.74) is 0.478. The van der Waals surface area contributed by atoms with E-state index in [1.54, 1.807) is 24.3 Å². The summed E-state index contributed by atoms with van der Waals surface area (Å²) in [6.45, 7) is 2.93. The number of benzene rings is 1. The quantitative estimate of drug-likeness (QED) is 0.776. The molecule has 1 saturated heterocycles. The Kier molecular flexibility index (Phi) is 5.16. The summed E-state index contributed by atoms with van der Waals surface area (Å²) in [6, 6.07) is 7.30. The van der Waals surface area contributed by atoms with Crippen LogP contribution in [0.1, 0.15) is 43.0 Å². The molecule has 0 radical (unpaired) electrons. The van der Waals surface area contributed by atoms with Crippen LogP contribution in [0.25, 0.3) is 0 Å². The maximum absolute atomic E-state index is 12.3. The van der Waals surface area contributed by atoms with Gasteiger partial charge in [-0.25, -0.2) is 0 Å². The lowest BCUT2D eigenvalue weighted by Gasteiger charge is -2.35. The zero-order valence-corrected chi connectivity index (χ0v) is 11.9. The van der Waals surface area contributed by atoms with E-state index in [4.69, 9.17) is 4.74 Å². The molecule has 1 aromatic carbocycles. The Balaban J connectivity index is 1.95. The monoisotopic (exact) mass is 275 g/mol. The maximum atomic E-state index is 12.3. The Hall–Kier alpha value is -1.84. The molecule has 1 aromatic rings. The van der Waals surface area contributed by atoms with Crippen molar-refractivity contribution in [1.29, 1.82) is 0 Å². The number of amides is 1. The van der Waals surface area contributed by atoms with Crippen LogP contribution in [0.2, 0.25) is 0 Å². The third-order valence-electron chi connectivity index (χ3n) is 3.82. The molecule has 0 aromatic heterocycles. The van der Waals surface area contributed by atoms with E-state index < -0.39 is 0 Å². The van der Waals surface area contributed by atoms with E-state index in [1.807, 2.05) is 4.90 Å². The van der Waals surface area contributed by atoms with Gasteiger partial charge in [-0.15, -0.1) is 0 Å². The van der Waals surface area contributed by atoms with Crippen molar-refractivity contribution in [2.75, 3.05) is 13.2 Å². The van der Waals surface area contributed by atoms with Crippen molar-refractivity contribution in [3.63, 3.8) is 0 Å². The number of aldehydes is 1. The van der Waals surface area contributed by atoms with E-state index in [-0.39, 0.29) is 12.5 Å². The molecule has 20 heavy (non-hydrogen) atoms. The highest BCUT2D eigenvalue weighted by Gasteiger charge is 2.25. The van der Waals surface area contributed by atoms with Crippen LogP contribution in [0.15, 0.2) is 24.3 Å². The van der Waals surface area contributed by atoms with E-state index in [0.29, 0.717) is 17.4 Å². The largest absolute Gasteiger partial charge is 0.483 e. The molecule has 0 spiro atoms. The SMILES string of the molecule is CCC1CCCCN1C(=O)COc1ccccc1C=O. The van der Waals surface area contributed by atoms with Crippen LogP contribution in [0.4, 0.5) is 0 Å². The number of nitrogens with zero attached hydrogens (tertiary/aromatic N) is 1. The number of piperidine rings is 1. The summed E-state index contributed by atoms with van der Waals surface area (Å²) in [6.07, 6.45) is 5.06. The summed E-state index contributed by atoms with van der Waals surface area (Å²) in [5.74, 6) is 0.484. The third kappa shape index (κ3) is 3.38. The van der Waals surface area contributed by atoms with Gasteiger partial charge in [0.2, 0.25) is 0 Å². The minimum absolute atomic E-state index is 0.00134. The molecule has 0 N–H and O–H groups in total. The van der Waals surface area contributed by atoms with Gasteiger partial charge < -0.3 is 9.64 Å². The summed E-state index contributed by atoms with van der Waals surface area (Å²) >= 11 is 0. The predicted octanol–water partition coefficient (Wildman–Crippen LogP) is 2.67. The van der Waals surface area contributed by atoms with Gasteiger partial charge in [0.1, 0.15) is 5.75 Å². The lowest BCUT2D eigenvalue weighted by molar-refractivity contribution is -0.137. The molecule has 0 aliphatic carbocycles. The summed E-state index contributed by atoms with van der Waals surface area (Å²) in [4.78, 5) is 25.1. The zero-order chi connectivity index (χ0) is 14.4. The number of hydrogen-bond acceptors (Lipinski definition) is 3. The fourth-order valence-electron chi connectivity index (χ4n) is 2.69. The van der Waals surface area contributed by atoms with Crippen LogP contribution in [-0.4, -0.2) is 36.3 Å². The van der Waals surface area contributed by atoms with Gasteiger partial charge in [0.05, 0.1) is 5.56 Å². The number of hydrogen-bond donors (Lipinski definition) is 0. The molecule has 1 atom stereocenters. The van der Waals surface area contributed by atoms with Crippen molar-refractivity contribution in [2.45, 2.75) is 38.6 Å². The Morgan fingerprint density at radius 2 is 2.20 bits per heavy atom. The number of carbonyl (C=O) groups is 2. The standard InChI is InChI=1S/C16H21NO3/c1-2-14-8-5-6-10-17(14)16(19)12-20-15-9-4-3-7-13(15)11-18/h3-4,7,9,11,14H,2,5-6,8,10,12H2,1H3. The fraction of sp³-hybridized carbons (Fsp3) is 0.500. The van der Waals surface area contributed by atoms with Gasteiger partial charge in [0, 0.05) is 12.6 Å². The summed E-state index contributed by atoms with van der Waals surface area (Å²) in [5, 5.41) is 0. The highest BCUT2D eigenvalue weighted by Crippen LogP contribution is 2.20. The average Bonchev–Trinajstić information content (AvgIpc) is 2.52. The van der Waals surface area contributed by atoms with Gasteiger partial charge in [0.15, 0.2) is 12.9 Å². The first-order valence-corrected chi connectivity index (χ1v) is 7.22. The minimum atomic E-state index is 0.00134. The fourth-order valence-corrected chi connectivity index (χ4v) is 2.69. The first-order chi connectivity index (χ1) is 9.76. The van der Waals surface area contributed by atoms with Crippen LogP contribution < -0.4 is 4.74 Å². The molecule has 2 rings (SSSR count). The Labute approximate surface area is 119 Å². The molecule has 4 nitrogen and oxygen atoms in total. The van der Waals surface area contributed by atoms with Crippen LogP contribution >= 0.6 is 0 Å². The second kappa shape index (κ2) is 7.08. The minimum Gasteiger partial charge on any atom is -0.483 e. The Morgan fingerprint density at radius 1 is 1.40 bits per heavy atom.